The van der Waals surface area contributed by atoms with Crippen LogP contribution in [0.15, 0.2) is 30.3 Å². The van der Waals surface area contributed by atoms with Crippen LogP contribution in [0.1, 0.15) is 32.6 Å². The zero-order valence-electron chi connectivity index (χ0n) is 10.9. The Labute approximate surface area is 109 Å². The molecule has 0 radical (unpaired) electrons. The number of ether oxygens (including phenoxy) is 1. The number of hydrogen-bond acceptors (Lipinski definition) is 3. The van der Waals surface area contributed by atoms with Crippen molar-refractivity contribution in [1.29, 1.82) is 5.26 Å². The van der Waals surface area contributed by atoms with Gasteiger partial charge in [-0.25, -0.2) is 0 Å². The lowest BCUT2D eigenvalue weighted by Crippen LogP contribution is -2.42. The van der Waals surface area contributed by atoms with Crippen molar-refractivity contribution in [3.8, 4) is 11.8 Å². The molecule has 1 aliphatic rings. The SMILES string of the molecule is CCCNC1(C#N)CCC(Oc2ccccc2)C1. The first kappa shape index (κ1) is 12.9. The Morgan fingerprint density at radius 1 is 1.44 bits per heavy atom. The standard InChI is InChI=1S/C15H20N2O/c1-2-10-17-15(12-16)9-8-14(11-15)18-13-6-4-3-5-7-13/h3-7,14,17H,2,8-11H2,1H3. The first-order valence-corrected chi connectivity index (χ1v) is 6.66. The van der Waals surface area contributed by atoms with Gasteiger partial charge in [-0.2, -0.15) is 5.26 Å². The van der Waals surface area contributed by atoms with Crippen molar-refractivity contribution in [3.63, 3.8) is 0 Å². The van der Waals surface area contributed by atoms with Gasteiger partial charge in [-0.05, 0) is 37.9 Å². The van der Waals surface area contributed by atoms with Crippen LogP contribution in [0.25, 0.3) is 0 Å². The fraction of sp³-hybridized carbons (Fsp3) is 0.533. The van der Waals surface area contributed by atoms with Crippen molar-refractivity contribution >= 4 is 0 Å². The molecule has 1 aliphatic carbocycles. The molecule has 1 aromatic rings. The highest BCUT2D eigenvalue weighted by Crippen LogP contribution is 2.32. The average Bonchev–Trinajstić information content (AvgIpc) is 2.82. The fourth-order valence-electron chi connectivity index (χ4n) is 2.46. The van der Waals surface area contributed by atoms with E-state index in [2.05, 4.69) is 18.3 Å². The number of hydrogen-bond donors (Lipinski definition) is 1. The van der Waals surface area contributed by atoms with E-state index in [1.807, 2.05) is 30.3 Å². The van der Waals surface area contributed by atoms with Gasteiger partial charge in [0.1, 0.15) is 17.4 Å². The van der Waals surface area contributed by atoms with E-state index in [9.17, 15) is 5.26 Å². The topological polar surface area (TPSA) is 45.0 Å². The third-order valence-electron chi connectivity index (χ3n) is 3.44. The smallest absolute Gasteiger partial charge is 0.119 e. The van der Waals surface area contributed by atoms with Crippen LogP contribution in [0.4, 0.5) is 0 Å². The summed E-state index contributed by atoms with van der Waals surface area (Å²) >= 11 is 0. The van der Waals surface area contributed by atoms with Crippen molar-refractivity contribution in [2.45, 2.75) is 44.2 Å². The van der Waals surface area contributed by atoms with Crippen LogP contribution in [-0.2, 0) is 0 Å². The number of nitrogens with zero attached hydrogens (tertiary/aromatic N) is 1. The van der Waals surface area contributed by atoms with Gasteiger partial charge in [0.15, 0.2) is 0 Å². The van der Waals surface area contributed by atoms with Crippen molar-refractivity contribution in [2.75, 3.05) is 6.54 Å². The summed E-state index contributed by atoms with van der Waals surface area (Å²) in [6, 6.07) is 12.3. The van der Waals surface area contributed by atoms with E-state index < -0.39 is 0 Å². The molecule has 3 nitrogen and oxygen atoms in total. The molecule has 96 valence electrons. The third-order valence-corrected chi connectivity index (χ3v) is 3.44. The lowest BCUT2D eigenvalue weighted by molar-refractivity contribution is 0.201. The van der Waals surface area contributed by atoms with Crippen LogP contribution < -0.4 is 10.1 Å². The van der Waals surface area contributed by atoms with Crippen molar-refractivity contribution < 1.29 is 4.74 Å². The molecule has 0 saturated heterocycles. The van der Waals surface area contributed by atoms with Gasteiger partial charge in [0.05, 0.1) is 6.07 Å². The Balaban J connectivity index is 1.93. The van der Waals surface area contributed by atoms with Gasteiger partial charge in [0, 0.05) is 6.42 Å². The van der Waals surface area contributed by atoms with Gasteiger partial charge >= 0.3 is 0 Å². The summed E-state index contributed by atoms with van der Waals surface area (Å²) in [5, 5.41) is 12.7. The molecule has 2 rings (SSSR count). The van der Waals surface area contributed by atoms with Gasteiger partial charge in [-0.3, -0.25) is 5.32 Å². The molecule has 0 amide bonds. The summed E-state index contributed by atoms with van der Waals surface area (Å²) in [6.45, 7) is 3.01. The van der Waals surface area contributed by atoms with Gasteiger partial charge < -0.3 is 4.74 Å². The summed E-state index contributed by atoms with van der Waals surface area (Å²) in [6.07, 6.45) is 3.79. The normalized spacial score (nSPS) is 26.8. The highest BCUT2D eigenvalue weighted by molar-refractivity contribution is 5.22. The Morgan fingerprint density at radius 2 is 2.22 bits per heavy atom. The van der Waals surface area contributed by atoms with E-state index in [4.69, 9.17) is 4.74 Å². The van der Waals surface area contributed by atoms with Crippen LogP contribution in [0.2, 0.25) is 0 Å². The van der Waals surface area contributed by atoms with Crippen LogP contribution in [-0.4, -0.2) is 18.2 Å². The number of nitriles is 1. The minimum atomic E-state index is -0.380. The fourth-order valence-corrected chi connectivity index (χ4v) is 2.46. The van der Waals surface area contributed by atoms with Gasteiger partial charge in [-0.1, -0.05) is 25.1 Å². The van der Waals surface area contributed by atoms with Gasteiger partial charge in [-0.15, -0.1) is 0 Å². The maximum Gasteiger partial charge on any atom is 0.119 e. The highest BCUT2D eigenvalue weighted by Gasteiger charge is 2.40. The molecular weight excluding hydrogens is 224 g/mol. The molecule has 0 heterocycles. The lowest BCUT2D eigenvalue weighted by atomic mass is 9.99. The summed E-state index contributed by atoms with van der Waals surface area (Å²) in [5.41, 5.74) is -0.380. The predicted molar refractivity (Wildman–Crippen MR) is 71.3 cm³/mol. The lowest BCUT2D eigenvalue weighted by Gasteiger charge is -2.22. The first-order chi connectivity index (χ1) is 8.78. The Bertz CT molecular complexity index is 412. The first-order valence-electron chi connectivity index (χ1n) is 6.66. The van der Waals surface area contributed by atoms with Crippen LogP contribution in [0.3, 0.4) is 0 Å². The van der Waals surface area contributed by atoms with Crippen molar-refractivity contribution in [1.82, 2.24) is 5.32 Å². The minimum Gasteiger partial charge on any atom is -0.490 e. The van der Waals surface area contributed by atoms with Crippen LogP contribution in [0, 0.1) is 11.3 Å². The third kappa shape index (κ3) is 3.02. The molecule has 18 heavy (non-hydrogen) atoms. The van der Waals surface area contributed by atoms with Gasteiger partial charge in [0.25, 0.3) is 0 Å². The second kappa shape index (κ2) is 5.88. The molecule has 0 aliphatic heterocycles. The quantitative estimate of drug-likeness (QED) is 0.866. The molecule has 2 atom stereocenters. The Hall–Kier alpha value is -1.53. The van der Waals surface area contributed by atoms with E-state index in [0.29, 0.717) is 0 Å². The molecule has 2 unspecified atom stereocenters. The number of benzene rings is 1. The average molecular weight is 244 g/mol. The van der Waals surface area contributed by atoms with E-state index >= 15 is 0 Å². The van der Waals surface area contributed by atoms with Crippen molar-refractivity contribution in [3.05, 3.63) is 30.3 Å². The van der Waals surface area contributed by atoms with Crippen LogP contribution in [0.5, 0.6) is 5.75 Å². The van der Waals surface area contributed by atoms with E-state index in [1.165, 1.54) is 0 Å². The number of nitrogens with one attached hydrogen (secondary N) is 1. The van der Waals surface area contributed by atoms with E-state index in [1.54, 1.807) is 0 Å². The summed E-state index contributed by atoms with van der Waals surface area (Å²) in [7, 11) is 0. The molecule has 1 fully saturated rings. The summed E-state index contributed by atoms with van der Waals surface area (Å²) < 4.78 is 5.92. The molecular formula is C15H20N2O. The summed E-state index contributed by atoms with van der Waals surface area (Å²) in [5.74, 6) is 0.895. The monoisotopic (exact) mass is 244 g/mol. The number of rotatable bonds is 5. The van der Waals surface area contributed by atoms with E-state index in [-0.39, 0.29) is 11.6 Å². The maximum atomic E-state index is 9.36. The Kier molecular flexibility index (Phi) is 4.22. The van der Waals surface area contributed by atoms with Crippen molar-refractivity contribution in [2.24, 2.45) is 0 Å². The zero-order valence-corrected chi connectivity index (χ0v) is 10.9. The molecule has 1 aromatic carbocycles. The number of para-hydroxylation sites is 1. The second-order valence-electron chi connectivity index (χ2n) is 4.92. The molecule has 1 saturated carbocycles. The van der Waals surface area contributed by atoms with Crippen LogP contribution >= 0.6 is 0 Å². The van der Waals surface area contributed by atoms with E-state index in [0.717, 1.165) is 38.0 Å². The highest BCUT2D eigenvalue weighted by atomic mass is 16.5. The molecule has 0 spiro atoms. The molecule has 1 N–H and O–H groups in total. The minimum absolute atomic E-state index is 0.149. The Morgan fingerprint density at radius 3 is 2.89 bits per heavy atom. The summed E-state index contributed by atoms with van der Waals surface area (Å²) in [4.78, 5) is 0. The predicted octanol–water partition coefficient (Wildman–Crippen LogP) is 2.88. The zero-order chi connectivity index (χ0) is 12.8. The maximum absolute atomic E-state index is 9.36. The molecule has 0 bridgehead atoms. The second-order valence-corrected chi connectivity index (χ2v) is 4.92. The van der Waals surface area contributed by atoms with Gasteiger partial charge in [0.2, 0.25) is 0 Å². The largest absolute Gasteiger partial charge is 0.490 e. The molecule has 3 heteroatoms. The molecule has 0 aromatic heterocycles.